The molecule has 2 aliphatic heterocycles. The highest BCUT2D eigenvalue weighted by Crippen LogP contribution is 2.14. The van der Waals surface area contributed by atoms with Gasteiger partial charge in [-0.2, -0.15) is 0 Å². The predicted octanol–water partition coefficient (Wildman–Crippen LogP) is 7.72. The van der Waals surface area contributed by atoms with E-state index in [1.165, 1.54) is 28.0 Å². The molecule has 0 radical (unpaired) electrons. The van der Waals surface area contributed by atoms with E-state index in [0.717, 1.165) is 68.9 Å². The van der Waals surface area contributed by atoms with E-state index in [1.54, 1.807) is 14.1 Å². The number of urea groups is 3. The Bertz CT molecular complexity index is 1310. The van der Waals surface area contributed by atoms with Crippen LogP contribution in [-0.2, 0) is 0 Å². The van der Waals surface area contributed by atoms with E-state index in [9.17, 15) is 14.4 Å². The van der Waals surface area contributed by atoms with E-state index in [0.29, 0.717) is 0 Å². The zero-order valence-corrected chi connectivity index (χ0v) is 26.9. The molecule has 2 saturated heterocycles. The lowest BCUT2D eigenvalue weighted by atomic mass is 10.1. The van der Waals surface area contributed by atoms with Gasteiger partial charge in [0.1, 0.15) is 0 Å². The normalized spacial score (nSPS) is 13.8. The van der Waals surface area contributed by atoms with Crippen LogP contribution in [0, 0.1) is 20.8 Å². The van der Waals surface area contributed by atoms with Crippen molar-refractivity contribution in [3.8, 4) is 0 Å². The van der Waals surface area contributed by atoms with Gasteiger partial charge in [0.15, 0.2) is 0 Å². The molecule has 0 spiro atoms. The van der Waals surface area contributed by atoms with Gasteiger partial charge in [0.25, 0.3) is 0 Å². The second kappa shape index (κ2) is 17.6. The zero-order chi connectivity index (χ0) is 31.9. The van der Waals surface area contributed by atoms with Gasteiger partial charge >= 0.3 is 18.1 Å². The first-order chi connectivity index (χ1) is 21.1. The minimum absolute atomic E-state index is 0.0244. The Morgan fingerprint density at radius 2 is 0.795 bits per heavy atom. The summed E-state index contributed by atoms with van der Waals surface area (Å²) in [5.74, 6) is 0. The summed E-state index contributed by atoms with van der Waals surface area (Å²) in [5, 5.41) is 8.58. The molecule has 2 fully saturated rings. The minimum Gasteiger partial charge on any atom is -0.331 e. The van der Waals surface area contributed by atoms with Gasteiger partial charge in [-0.3, -0.25) is 0 Å². The lowest BCUT2D eigenvalue weighted by molar-refractivity contribution is 0.200. The van der Waals surface area contributed by atoms with Crippen LogP contribution in [0.1, 0.15) is 48.8 Å². The molecule has 236 valence electrons. The van der Waals surface area contributed by atoms with Crippen LogP contribution in [0.3, 0.4) is 0 Å². The molecule has 2 heterocycles. The van der Waals surface area contributed by atoms with Crippen molar-refractivity contribution in [2.45, 2.75) is 52.9 Å². The van der Waals surface area contributed by atoms with Crippen molar-refractivity contribution in [2.75, 3.05) is 56.2 Å². The first-order valence-electron chi connectivity index (χ1n) is 15.4. The summed E-state index contributed by atoms with van der Waals surface area (Å²) in [6.45, 7) is 9.63. The maximum Gasteiger partial charge on any atom is 0.321 e. The number of amides is 6. The fraction of sp³-hybridized carbons (Fsp3) is 0.400. The van der Waals surface area contributed by atoms with Crippen molar-refractivity contribution in [3.63, 3.8) is 0 Å². The Morgan fingerprint density at radius 3 is 1.11 bits per heavy atom. The fourth-order valence-electron chi connectivity index (χ4n) is 4.57. The maximum absolute atomic E-state index is 11.9. The lowest BCUT2D eigenvalue weighted by Gasteiger charge is -2.26. The van der Waals surface area contributed by atoms with Gasteiger partial charge in [-0.15, -0.1) is 0 Å². The van der Waals surface area contributed by atoms with E-state index in [1.807, 2.05) is 103 Å². The number of aryl methyl sites for hydroxylation is 3. The van der Waals surface area contributed by atoms with Crippen LogP contribution in [0.15, 0.2) is 72.8 Å². The van der Waals surface area contributed by atoms with Crippen molar-refractivity contribution in [3.05, 3.63) is 89.5 Å². The topological polar surface area (TPSA) is 97.0 Å². The van der Waals surface area contributed by atoms with Gasteiger partial charge < -0.3 is 30.7 Å². The van der Waals surface area contributed by atoms with E-state index >= 15 is 0 Å². The van der Waals surface area contributed by atoms with Gasteiger partial charge in [0.2, 0.25) is 0 Å². The molecule has 0 aliphatic carbocycles. The molecule has 44 heavy (non-hydrogen) atoms. The molecule has 3 aromatic carbocycles. The molecule has 0 atom stereocenters. The summed E-state index contributed by atoms with van der Waals surface area (Å²) in [7, 11) is 3.42. The van der Waals surface area contributed by atoms with E-state index in [4.69, 9.17) is 0 Å². The first-order valence-corrected chi connectivity index (χ1v) is 15.4. The number of nitrogens with zero attached hydrogens (tertiary/aromatic N) is 3. The summed E-state index contributed by atoms with van der Waals surface area (Å²) in [5.41, 5.74) is 6.16. The highest BCUT2D eigenvalue weighted by Gasteiger charge is 2.17. The number of rotatable bonds is 3. The highest BCUT2D eigenvalue weighted by molar-refractivity contribution is 5.90. The number of piperidine rings is 1. The number of carbonyl (C=O) groups is 3. The predicted molar refractivity (Wildman–Crippen MR) is 181 cm³/mol. The van der Waals surface area contributed by atoms with Crippen LogP contribution in [0.5, 0.6) is 0 Å². The summed E-state index contributed by atoms with van der Waals surface area (Å²) in [6, 6.07) is 23.4. The molecule has 0 aromatic heterocycles. The third kappa shape index (κ3) is 12.0. The van der Waals surface area contributed by atoms with Gasteiger partial charge in [0.05, 0.1) is 0 Å². The standard InChI is InChI=1S/C13H18N2O.C12H16N2O.C10H14N2O/c1-11-5-7-12(8-6-11)14-13(16)15-9-3-2-4-10-15;1-10-4-6-11(7-5-10)13-12(15)14-8-2-3-9-14;1-8-4-6-9(7-5-8)11-10(13)12(2)3/h5-8H,2-4,9-10H2,1H3,(H,14,16);4-7H,2-3,8-9H2,1H3,(H,13,15);4-7H,1-3H3,(H,11,13). The van der Waals surface area contributed by atoms with Gasteiger partial charge in [-0.1, -0.05) is 53.1 Å². The number of hydrogen-bond donors (Lipinski definition) is 3. The molecular formula is C35H48N6O3. The van der Waals surface area contributed by atoms with E-state index in [-0.39, 0.29) is 18.1 Å². The Hall–Kier alpha value is -4.53. The molecule has 9 heteroatoms. The van der Waals surface area contributed by atoms with Crippen LogP contribution in [0.2, 0.25) is 0 Å². The Morgan fingerprint density at radius 1 is 0.500 bits per heavy atom. The Balaban J connectivity index is 0.000000181. The monoisotopic (exact) mass is 600 g/mol. The molecule has 0 bridgehead atoms. The smallest absolute Gasteiger partial charge is 0.321 e. The zero-order valence-electron chi connectivity index (χ0n) is 26.9. The van der Waals surface area contributed by atoms with Gasteiger partial charge in [-0.25, -0.2) is 14.4 Å². The molecular weight excluding hydrogens is 552 g/mol. The van der Waals surface area contributed by atoms with E-state index in [2.05, 4.69) is 16.0 Å². The lowest BCUT2D eigenvalue weighted by Crippen LogP contribution is -2.38. The third-order valence-electron chi connectivity index (χ3n) is 7.35. The summed E-state index contributed by atoms with van der Waals surface area (Å²) < 4.78 is 0. The number of benzene rings is 3. The molecule has 3 N–H and O–H groups in total. The number of anilines is 3. The van der Waals surface area contributed by atoms with Crippen molar-refractivity contribution >= 4 is 35.2 Å². The average molecular weight is 601 g/mol. The quantitative estimate of drug-likeness (QED) is 0.287. The Labute approximate surface area is 262 Å². The van der Waals surface area contributed by atoms with Gasteiger partial charge in [0, 0.05) is 57.3 Å². The van der Waals surface area contributed by atoms with Gasteiger partial charge in [-0.05, 0) is 89.3 Å². The van der Waals surface area contributed by atoms with Crippen LogP contribution in [0.25, 0.3) is 0 Å². The summed E-state index contributed by atoms with van der Waals surface area (Å²) in [4.78, 5) is 40.0. The molecule has 3 aromatic rings. The molecule has 2 aliphatic rings. The summed E-state index contributed by atoms with van der Waals surface area (Å²) in [6.07, 6.45) is 5.75. The minimum atomic E-state index is -0.108. The second-order valence-electron chi connectivity index (χ2n) is 11.5. The largest absolute Gasteiger partial charge is 0.331 e. The van der Waals surface area contributed by atoms with Crippen molar-refractivity contribution in [1.82, 2.24) is 14.7 Å². The molecule has 9 nitrogen and oxygen atoms in total. The summed E-state index contributed by atoms with van der Waals surface area (Å²) >= 11 is 0. The molecule has 0 saturated carbocycles. The first kappa shape index (κ1) is 34.0. The average Bonchev–Trinajstić information content (AvgIpc) is 3.57. The fourth-order valence-corrected chi connectivity index (χ4v) is 4.57. The van der Waals surface area contributed by atoms with Crippen molar-refractivity contribution in [2.24, 2.45) is 0 Å². The Kier molecular flexibility index (Phi) is 13.6. The van der Waals surface area contributed by atoms with Crippen molar-refractivity contribution in [1.29, 1.82) is 0 Å². The number of carbonyl (C=O) groups excluding carboxylic acids is 3. The SMILES string of the molecule is Cc1ccc(NC(=O)N(C)C)cc1.Cc1ccc(NC(=O)N2CCCC2)cc1.Cc1ccc(NC(=O)N2CCCCC2)cc1. The molecule has 0 unspecified atom stereocenters. The molecule has 5 rings (SSSR count). The number of likely N-dealkylation sites (tertiary alicyclic amines) is 2. The maximum atomic E-state index is 11.9. The van der Waals surface area contributed by atoms with Crippen LogP contribution in [0.4, 0.5) is 31.4 Å². The second-order valence-corrected chi connectivity index (χ2v) is 11.5. The van der Waals surface area contributed by atoms with Crippen molar-refractivity contribution < 1.29 is 14.4 Å². The van der Waals surface area contributed by atoms with Crippen LogP contribution in [-0.4, -0.2) is 73.1 Å². The number of hydrogen-bond acceptors (Lipinski definition) is 3. The van der Waals surface area contributed by atoms with Crippen LogP contribution >= 0.6 is 0 Å². The number of nitrogens with one attached hydrogen (secondary N) is 3. The molecule has 6 amide bonds. The van der Waals surface area contributed by atoms with Crippen LogP contribution < -0.4 is 16.0 Å². The third-order valence-corrected chi connectivity index (χ3v) is 7.35. The van der Waals surface area contributed by atoms with E-state index < -0.39 is 0 Å². The highest BCUT2D eigenvalue weighted by atomic mass is 16.2.